The van der Waals surface area contributed by atoms with E-state index in [9.17, 15) is 9.90 Å². The van der Waals surface area contributed by atoms with Crippen molar-refractivity contribution in [2.75, 3.05) is 7.11 Å². The van der Waals surface area contributed by atoms with Crippen LogP contribution in [0.4, 0.5) is 0 Å². The molecule has 0 aliphatic heterocycles. The maximum absolute atomic E-state index is 10.6. The smallest absolute Gasteiger partial charge is 0.328 e. The maximum Gasteiger partial charge on any atom is 0.328 e. The molecular formula is C17H16O4. The van der Waals surface area contributed by atoms with Crippen LogP contribution in [0, 0.1) is 0 Å². The van der Waals surface area contributed by atoms with Crippen molar-refractivity contribution < 1.29 is 19.7 Å². The van der Waals surface area contributed by atoms with Crippen LogP contribution in [0.2, 0.25) is 0 Å². The standard InChI is InChI=1S/C17H16O4/c1-21-17(14-6-3-7-15(18)11-14)13-5-2-4-12(10-13)8-9-16(19)20/h2-11,17-18H,1H3,(H,19,20)/b9-8+. The summed E-state index contributed by atoms with van der Waals surface area (Å²) in [5.41, 5.74) is 2.49. The van der Waals surface area contributed by atoms with Gasteiger partial charge in [0.2, 0.25) is 0 Å². The average molecular weight is 284 g/mol. The number of phenols is 1. The first kappa shape index (κ1) is 14.8. The molecule has 1 atom stereocenters. The van der Waals surface area contributed by atoms with E-state index in [2.05, 4.69) is 0 Å². The number of carbonyl (C=O) groups is 1. The highest BCUT2D eigenvalue weighted by atomic mass is 16.5. The highest BCUT2D eigenvalue weighted by Gasteiger charge is 2.13. The number of rotatable bonds is 5. The van der Waals surface area contributed by atoms with E-state index in [1.807, 2.05) is 30.3 Å². The Morgan fingerprint density at radius 3 is 2.43 bits per heavy atom. The Bertz CT molecular complexity index is 661. The minimum atomic E-state index is -0.989. The van der Waals surface area contributed by atoms with Crippen molar-refractivity contribution >= 4 is 12.0 Å². The highest BCUT2D eigenvalue weighted by molar-refractivity contribution is 5.85. The second-order valence-corrected chi connectivity index (χ2v) is 4.55. The number of methoxy groups -OCH3 is 1. The van der Waals surface area contributed by atoms with E-state index in [1.54, 1.807) is 25.3 Å². The molecule has 0 fully saturated rings. The van der Waals surface area contributed by atoms with Gasteiger partial charge in [-0.3, -0.25) is 0 Å². The van der Waals surface area contributed by atoms with Crippen LogP contribution in [0.5, 0.6) is 5.75 Å². The summed E-state index contributed by atoms with van der Waals surface area (Å²) in [4.78, 5) is 10.6. The van der Waals surface area contributed by atoms with E-state index < -0.39 is 5.97 Å². The summed E-state index contributed by atoms with van der Waals surface area (Å²) in [6, 6.07) is 14.3. The van der Waals surface area contributed by atoms with Gasteiger partial charge in [-0.15, -0.1) is 0 Å². The fourth-order valence-corrected chi connectivity index (χ4v) is 2.15. The number of aliphatic carboxylic acids is 1. The molecule has 108 valence electrons. The zero-order chi connectivity index (χ0) is 15.2. The second-order valence-electron chi connectivity index (χ2n) is 4.55. The van der Waals surface area contributed by atoms with Crippen molar-refractivity contribution in [3.8, 4) is 5.75 Å². The average Bonchev–Trinajstić information content (AvgIpc) is 2.46. The number of hydrogen-bond acceptors (Lipinski definition) is 3. The Morgan fingerprint density at radius 2 is 1.81 bits per heavy atom. The summed E-state index contributed by atoms with van der Waals surface area (Å²) >= 11 is 0. The van der Waals surface area contributed by atoms with Crippen molar-refractivity contribution in [3.63, 3.8) is 0 Å². The van der Waals surface area contributed by atoms with Crippen molar-refractivity contribution in [1.82, 2.24) is 0 Å². The number of carboxylic acid groups (broad SMARTS) is 1. The summed E-state index contributed by atoms with van der Waals surface area (Å²) < 4.78 is 5.51. The normalized spacial score (nSPS) is 12.4. The first-order valence-corrected chi connectivity index (χ1v) is 6.43. The summed E-state index contributed by atoms with van der Waals surface area (Å²) in [5, 5.41) is 18.2. The molecule has 0 saturated carbocycles. The Kier molecular flexibility index (Phi) is 4.74. The van der Waals surface area contributed by atoms with E-state index in [4.69, 9.17) is 9.84 Å². The van der Waals surface area contributed by atoms with Gasteiger partial charge in [0.15, 0.2) is 0 Å². The van der Waals surface area contributed by atoms with Crippen LogP contribution in [-0.2, 0) is 9.53 Å². The fraction of sp³-hybridized carbons (Fsp3) is 0.118. The van der Waals surface area contributed by atoms with Gasteiger partial charge in [0, 0.05) is 13.2 Å². The molecule has 2 N–H and O–H groups in total. The molecule has 2 aromatic carbocycles. The molecule has 0 aromatic heterocycles. The molecule has 0 spiro atoms. The molecule has 1 unspecified atom stereocenters. The quantitative estimate of drug-likeness (QED) is 0.827. The molecule has 21 heavy (non-hydrogen) atoms. The molecule has 2 rings (SSSR count). The molecule has 0 bridgehead atoms. The Hall–Kier alpha value is -2.59. The molecule has 0 radical (unpaired) electrons. The number of benzene rings is 2. The topological polar surface area (TPSA) is 66.8 Å². The molecule has 4 heteroatoms. The third kappa shape index (κ3) is 3.94. The number of aromatic hydroxyl groups is 1. The second kappa shape index (κ2) is 6.72. The molecule has 0 aliphatic carbocycles. The van der Waals surface area contributed by atoms with Crippen molar-refractivity contribution in [2.24, 2.45) is 0 Å². The minimum Gasteiger partial charge on any atom is -0.508 e. The fourth-order valence-electron chi connectivity index (χ4n) is 2.15. The van der Waals surface area contributed by atoms with Crippen LogP contribution in [0.15, 0.2) is 54.6 Å². The molecule has 0 aliphatic rings. The highest BCUT2D eigenvalue weighted by Crippen LogP contribution is 2.28. The SMILES string of the molecule is COC(c1cccc(O)c1)c1cccc(/C=C/C(=O)O)c1. The largest absolute Gasteiger partial charge is 0.508 e. The number of carboxylic acids is 1. The summed E-state index contributed by atoms with van der Waals surface area (Å²) in [5.74, 6) is -0.812. The van der Waals surface area contributed by atoms with Crippen LogP contribution >= 0.6 is 0 Å². The van der Waals surface area contributed by atoms with Crippen LogP contribution in [0.1, 0.15) is 22.8 Å². The molecule has 4 nitrogen and oxygen atoms in total. The summed E-state index contributed by atoms with van der Waals surface area (Å²) in [6.45, 7) is 0. The monoisotopic (exact) mass is 284 g/mol. The van der Waals surface area contributed by atoms with Gasteiger partial charge in [-0.25, -0.2) is 4.79 Å². The third-order valence-electron chi connectivity index (χ3n) is 3.04. The summed E-state index contributed by atoms with van der Waals surface area (Å²) in [6.07, 6.45) is 2.30. The van der Waals surface area contributed by atoms with Crippen LogP contribution < -0.4 is 0 Å². The first-order valence-electron chi connectivity index (χ1n) is 6.43. The van der Waals surface area contributed by atoms with Crippen molar-refractivity contribution in [2.45, 2.75) is 6.10 Å². The minimum absolute atomic E-state index is 0.177. The number of phenolic OH excluding ortho intramolecular Hbond substituents is 1. The van der Waals surface area contributed by atoms with Crippen LogP contribution in [-0.4, -0.2) is 23.3 Å². The Morgan fingerprint density at radius 1 is 1.14 bits per heavy atom. The summed E-state index contributed by atoms with van der Waals surface area (Å²) in [7, 11) is 1.59. The molecule has 2 aromatic rings. The van der Waals surface area contributed by atoms with Gasteiger partial charge in [-0.2, -0.15) is 0 Å². The lowest BCUT2D eigenvalue weighted by Crippen LogP contribution is -2.03. The number of ether oxygens (including phenoxy) is 1. The van der Waals surface area contributed by atoms with Gasteiger partial charge >= 0.3 is 5.97 Å². The predicted molar refractivity (Wildman–Crippen MR) is 80.1 cm³/mol. The zero-order valence-corrected chi connectivity index (χ0v) is 11.6. The van der Waals surface area contributed by atoms with E-state index >= 15 is 0 Å². The van der Waals surface area contributed by atoms with Gasteiger partial charge < -0.3 is 14.9 Å². The molecule has 0 saturated heterocycles. The van der Waals surface area contributed by atoms with Gasteiger partial charge in [0.1, 0.15) is 11.9 Å². The van der Waals surface area contributed by atoms with Crippen molar-refractivity contribution in [3.05, 3.63) is 71.3 Å². The van der Waals surface area contributed by atoms with Gasteiger partial charge in [0.05, 0.1) is 0 Å². The molecule has 0 amide bonds. The van der Waals surface area contributed by atoms with E-state index in [0.717, 1.165) is 22.8 Å². The predicted octanol–water partition coefficient (Wildman–Crippen LogP) is 3.23. The van der Waals surface area contributed by atoms with E-state index in [-0.39, 0.29) is 11.9 Å². The van der Waals surface area contributed by atoms with Crippen LogP contribution in [0.25, 0.3) is 6.08 Å². The lowest BCUT2D eigenvalue weighted by molar-refractivity contribution is -0.131. The third-order valence-corrected chi connectivity index (χ3v) is 3.04. The Balaban J connectivity index is 2.34. The van der Waals surface area contributed by atoms with Gasteiger partial charge in [-0.1, -0.05) is 30.3 Å². The Labute approximate surface area is 122 Å². The van der Waals surface area contributed by atoms with E-state index in [0.29, 0.717) is 0 Å². The maximum atomic E-state index is 10.6. The van der Waals surface area contributed by atoms with Crippen molar-refractivity contribution in [1.29, 1.82) is 0 Å². The van der Waals surface area contributed by atoms with Gasteiger partial charge in [-0.05, 0) is 41.0 Å². The van der Waals surface area contributed by atoms with Crippen LogP contribution in [0.3, 0.4) is 0 Å². The first-order chi connectivity index (χ1) is 10.1. The number of hydrogen-bond donors (Lipinski definition) is 2. The lowest BCUT2D eigenvalue weighted by atomic mass is 9.99. The lowest BCUT2D eigenvalue weighted by Gasteiger charge is -2.17. The molecular weight excluding hydrogens is 268 g/mol. The zero-order valence-electron chi connectivity index (χ0n) is 11.6. The molecule has 0 heterocycles. The van der Waals surface area contributed by atoms with Gasteiger partial charge in [0.25, 0.3) is 0 Å². The van der Waals surface area contributed by atoms with E-state index in [1.165, 1.54) is 6.08 Å².